The van der Waals surface area contributed by atoms with Gasteiger partial charge in [0, 0.05) is 5.02 Å². The molecule has 1 atom stereocenters. The van der Waals surface area contributed by atoms with Crippen LogP contribution < -0.4 is 4.74 Å². The summed E-state index contributed by atoms with van der Waals surface area (Å²) >= 11 is 12.6. The van der Waals surface area contributed by atoms with Gasteiger partial charge in [-0.3, -0.25) is 0 Å². The Morgan fingerprint density at radius 1 is 1.10 bits per heavy atom. The standard InChI is InChI=1S/C16H15Cl2FO/c1-9-7-13(17)10(2)6-12(9)16(18)11-4-5-14(19)15(8-11)20-3/h4-8,16H,1-3H3. The second kappa shape index (κ2) is 6.02. The summed E-state index contributed by atoms with van der Waals surface area (Å²) in [7, 11) is 1.43. The van der Waals surface area contributed by atoms with E-state index in [9.17, 15) is 4.39 Å². The molecule has 0 aliphatic rings. The smallest absolute Gasteiger partial charge is 0.165 e. The number of hydrogen-bond donors (Lipinski definition) is 0. The van der Waals surface area contributed by atoms with Crippen molar-refractivity contribution in [3.05, 3.63) is 63.4 Å². The molecule has 0 radical (unpaired) electrons. The van der Waals surface area contributed by atoms with Crippen molar-refractivity contribution in [1.29, 1.82) is 0 Å². The summed E-state index contributed by atoms with van der Waals surface area (Å²) in [5, 5.41) is 0.340. The Balaban J connectivity index is 2.46. The molecule has 1 unspecified atom stereocenters. The minimum Gasteiger partial charge on any atom is -0.494 e. The number of benzene rings is 2. The van der Waals surface area contributed by atoms with Crippen LogP contribution in [0.2, 0.25) is 5.02 Å². The molecule has 0 aliphatic heterocycles. The van der Waals surface area contributed by atoms with Crippen molar-refractivity contribution in [2.75, 3.05) is 7.11 Å². The molecular weight excluding hydrogens is 298 g/mol. The molecule has 20 heavy (non-hydrogen) atoms. The van der Waals surface area contributed by atoms with E-state index in [-0.39, 0.29) is 11.1 Å². The monoisotopic (exact) mass is 312 g/mol. The highest BCUT2D eigenvalue weighted by atomic mass is 35.5. The lowest BCUT2D eigenvalue weighted by Gasteiger charge is -2.16. The van der Waals surface area contributed by atoms with Crippen molar-refractivity contribution < 1.29 is 9.13 Å². The molecule has 0 aliphatic carbocycles. The molecule has 0 saturated heterocycles. The zero-order valence-electron chi connectivity index (χ0n) is 11.5. The Morgan fingerprint density at radius 3 is 2.45 bits per heavy atom. The maximum atomic E-state index is 13.4. The molecule has 0 amide bonds. The summed E-state index contributed by atoms with van der Waals surface area (Å²) in [4.78, 5) is 0. The number of ether oxygens (including phenoxy) is 1. The normalized spacial score (nSPS) is 12.3. The molecule has 106 valence electrons. The predicted octanol–water partition coefficient (Wildman–Crippen LogP) is 5.43. The predicted molar refractivity (Wildman–Crippen MR) is 81.6 cm³/mol. The third kappa shape index (κ3) is 2.92. The Hall–Kier alpha value is -1.25. The molecule has 0 saturated carbocycles. The van der Waals surface area contributed by atoms with Gasteiger partial charge in [0.25, 0.3) is 0 Å². The van der Waals surface area contributed by atoms with Crippen molar-refractivity contribution in [2.24, 2.45) is 0 Å². The van der Waals surface area contributed by atoms with E-state index >= 15 is 0 Å². The lowest BCUT2D eigenvalue weighted by Crippen LogP contribution is -1.99. The average molecular weight is 313 g/mol. The second-order valence-electron chi connectivity index (χ2n) is 4.71. The summed E-state index contributed by atoms with van der Waals surface area (Å²) in [6.07, 6.45) is 0. The number of methoxy groups -OCH3 is 1. The van der Waals surface area contributed by atoms with Gasteiger partial charge in [0.2, 0.25) is 0 Å². The minimum atomic E-state index is -0.399. The van der Waals surface area contributed by atoms with Gasteiger partial charge >= 0.3 is 0 Å². The van der Waals surface area contributed by atoms with E-state index in [1.54, 1.807) is 12.1 Å². The van der Waals surface area contributed by atoms with Crippen LogP contribution >= 0.6 is 23.2 Å². The van der Waals surface area contributed by atoms with Gasteiger partial charge in [-0.15, -0.1) is 11.6 Å². The summed E-state index contributed by atoms with van der Waals surface area (Å²) < 4.78 is 18.4. The fourth-order valence-electron chi connectivity index (χ4n) is 2.09. The van der Waals surface area contributed by atoms with Gasteiger partial charge in [-0.25, -0.2) is 4.39 Å². The van der Waals surface area contributed by atoms with E-state index in [1.165, 1.54) is 13.2 Å². The van der Waals surface area contributed by atoms with Crippen LogP contribution in [0.5, 0.6) is 5.75 Å². The van der Waals surface area contributed by atoms with Crippen LogP contribution in [0.1, 0.15) is 27.6 Å². The van der Waals surface area contributed by atoms with Crippen LogP contribution in [0.4, 0.5) is 4.39 Å². The van der Waals surface area contributed by atoms with E-state index in [4.69, 9.17) is 27.9 Å². The van der Waals surface area contributed by atoms with Gasteiger partial charge in [-0.1, -0.05) is 23.7 Å². The van der Waals surface area contributed by atoms with Crippen molar-refractivity contribution >= 4 is 23.2 Å². The summed E-state index contributed by atoms with van der Waals surface area (Å²) in [5.41, 5.74) is 3.72. The molecule has 4 heteroatoms. The number of rotatable bonds is 3. The molecule has 0 heterocycles. The van der Waals surface area contributed by atoms with Gasteiger partial charge in [0.15, 0.2) is 11.6 Å². The molecule has 0 spiro atoms. The highest BCUT2D eigenvalue weighted by Crippen LogP contribution is 2.35. The molecular formula is C16H15Cl2FO. The second-order valence-corrected chi connectivity index (χ2v) is 5.56. The van der Waals surface area contributed by atoms with E-state index < -0.39 is 5.82 Å². The van der Waals surface area contributed by atoms with E-state index in [1.807, 2.05) is 26.0 Å². The van der Waals surface area contributed by atoms with Gasteiger partial charge in [0.05, 0.1) is 12.5 Å². The Labute approximate surface area is 128 Å². The number of alkyl halides is 1. The van der Waals surface area contributed by atoms with Crippen molar-refractivity contribution in [2.45, 2.75) is 19.2 Å². The fourth-order valence-corrected chi connectivity index (χ4v) is 2.68. The Morgan fingerprint density at radius 2 is 1.80 bits per heavy atom. The van der Waals surface area contributed by atoms with Crippen LogP contribution in [0, 0.1) is 19.7 Å². The van der Waals surface area contributed by atoms with Crippen LogP contribution in [0.15, 0.2) is 30.3 Å². The van der Waals surface area contributed by atoms with E-state index in [2.05, 4.69) is 0 Å². The first-order valence-corrected chi connectivity index (χ1v) is 6.99. The third-order valence-corrected chi connectivity index (χ3v) is 4.18. The van der Waals surface area contributed by atoms with Gasteiger partial charge in [0.1, 0.15) is 0 Å². The highest BCUT2D eigenvalue weighted by Gasteiger charge is 2.16. The Kier molecular flexibility index (Phi) is 4.56. The third-order valence-electron chi connectivity index (χ3n) is 3.29. The van der Waals surface area contributed by atoms with E-state index in [0.717, 1.165) is 22.3 Å². The fraction of sp³-hybridized carbons (Fsp3) is 0.250. The lowest BCUT2D eigenvalue weighted by molar-refractivity contribution is 0.386. The highest BCUT2D eigenvalue weighted by molar-refractivity contribution is 6.31. The van der Waals surface area contributed by atoms with Gasteiger partial charge in [-0.05, 0) is 54.3 Å². The van der Waals surface area contributed by atoms with Crippen LogP contribution in [-0.2, 0) is 0 Å². The topological polar surface area (TPSA) is 9.23 Å². The van der Waals surface area contributed by atoms with Crippen molar-refractivity contribution in [1.82, 2.24) is 0 Å². The summed E-state index contributed by atoms with van der Waals surface area (Å²) in [6.45, 7) is 3.89. The number of halogens is 3. The lowest BCUT2D eigenvalue weighted by atomic mass is 9.98. The van der Waals surface area contributed by atoms with Crippen LogP contribution in [0.25, 0.3) is 0 Å². The first-order valence-electron chi connectivity index (χ1n) is 6.18. The molecule has 2 aromatic rings. The van der Waals surface area contributed by atoms with Crippen LogP contribution in [0.3, 0.4) is 0 Å². The largest absolute Gasteiger partial charge is 0.494 e. The first kappa shape index (κ1) is 15.1. The molecule has 0 aromatic heterocycles. The maximum Gasteiger partial charge on any atom is 0.165 e. The molecule has 2 aromatic carbocycles. The molecule has 0 N–H and O–H groups in total. The molecule has 2 rings (SSSR count). The molecule has 1 nitrogen and oxygen atoms in total. The van der Waals surface area contributed by atoms with Crippen molar-refractivity contribution in [3.63, 3.8) is 0 Å². The summed E-state index contributed by atoms with van der Waals surface area (Å²) in [6, 6.07) is 8.50. The first-order chi connectivity index (χ1) is 9.43. The number of hydrogen-bond acceptors (Lipinski definition) is 1. The molecule has 0 bridgehead atoms. The number of aryl methyl sites for hydroxylation is 2. The zero-order chi connectivity index (χ0) is 14.9. The maximum absolute atomic E-state index is 13.4. The summed E-state index contributed by atoms with van der Waals surface area (Å²) in [5.74, 6) is -0.208. The average Bonchev–Trinajstić information content (AvgIpc) is 2.42. The minimum absolute atomic E-state index is 0.191. The van der Waals surface area contributed by atoms with Crippen molar-refractivity contribution in [3.8, 4) is 5.75 Å². The Bertz CT molecular complexity index is 641. The molecule has 0 fully saturated rings. The zero-order valence-corrected chi connectivity index (χ0v) is 13.0. The SMILES string of the molecule is COc1cc(C(Cl)c2cc(C)c(Cl)cc2C)ccc1F. The quantitative estimate of drug-likeness (QED) is 0.686. The van der Waals surface area contributed by atoms with Gasteiger partial charge < -0.3 is 4.74 Å². The van der Waals surface area contributed by atoms with E-state index in [0.29, 0.717) is 5.02 Å². The van der Waals surface area contributed by atoms with Gasteiger partial charge in [-0.2, -0.15) is 0 Å². The van der Waals surface area contributed by atoms with Crippen LogP contribution in [-0.4, -0.2) is 7.11 Å².